The van der Waals surface area contributed by atoms with Crippen molar-refractivity contribution in [2.45, 2.75) is 10.6 Å². The lowest BCUT2D eigenvalue weighted by atomic mass is 10.3. The van der Waals surface area contributed by atoms with Crippen molar-refractivity contribution in [1.82, 2.24) is 9.29 Å². The predicted molar refractivity (Wildman–Crippen MR) is 79.8 cm³/mol. The number of rotatable bonds is 5. The van der Waals surface area contributed by atoms with E-state index in [-0.39, 0.29) is 0 Å². The van der Waals surface area contributed by atoms with Crippen molar-refractivity contribution < 1.29 is 8.42 Å². The summed E-state index contributed by atoms with van der Waals surface area (Å²) in [6, 6.07) is 7.37. The van der Waals surface area contributed by atoms with Crippen LogP contribution in [0, 0.1) is 0 Å². The van der Waals surface area contributed by atoms with E-state index < -0.39 is 10.0 Å². The standard InChI is InChI=1S/C12H13BrN2O2S2/c1-15(8-5-10-4-2-3-7-14-10)19(16,17)12-11(13)6-9-18-12/h2-4,6-7,9H,5,8H2,1H3. The second kappa shape index (κ2) is 6.13. The molecule has 0 spiro atoms. The summed E-state index contributed by atoms with van der Waals surface area (Å²) in [5, 5.41) is 1.75. The lowest BCUT2D eigenvalue weighted by molar-refractivity contribution is 0.472. The molecular weight excluding hydrogens is 348 g/mol. The Morgan fingerprint density at radius 2 is 2.16 bits per heavy atom. The van der Waals surface area contributed by atoms with Crippen molar-refractivity contribution in [3.8, 4) is 0 Å². The highest BCUT2D eigenvalue weighted by molar-refractivity contribution is 9.10. The van der Waals surface area contributed by atoms with Gasteiger partial charge in [0, 0.05) is 36.4 Å². The third-order valence-corrected chi connectivity index (χ3v) is 7.14. The van der Waals surface area contributed by atoms with Crippen molar-refractivity contribution in [1.29, 1.82) is 0 Å². The van der Waals surface area contributed by atoms with Gasteiger partial charge in [0.1, 0.15) is 4.21 Å². The second-order valence-electron chi connectivity index (χ2n) is 3.95. The minimum atomic E-state index is -3.42. The summed E-state index contributed by atoms with van der Waals surface area (Å²) < 4.78 is 27.0. The summed E-state index contributed by atoms with van der Waals surface area (Å²) in [7, 11) is -1.83. The van der Waals surface area contributed by atoms with E-state index >= 15 is 0 Å². The van der Waals surface area contributed by atoms with E-state index in [9.17, 15) is 8.42 Å². The van der Waals surface area contributed by atoms with Crippen LogP contribution in [0.3, 0.4) is 0 Å². The van der Waals surface area contributed by atoms with Gasteiger partial charge in [0.15, 0.2) is 0 Å². The van der Waals surface area contributed by atoms with Crippen LogP contribution in [0.4, 0.5) is 0 Å². The summed E-state index contributed by atoms with van der Waals surface area (Å²) in [6.45, 7) is 0.406. The topological polar surface area (TPSA) is 50.3 Å². The zero-order valence-electron chi connectivity index (χ0n) is 10.3. The second-order valence-corrected chi connectivity index (χ2v) is 7.96. The van der Waals surface area contributed by atoms with Crippen molar-refractivity contribution in [3.05, 3.63) is 46.0 Å². The third-order valence-electron chi connectivity index (χ3n) is 2.64. The Hall–Kier alpha value is -0.760. The average molecular weight is 361 g/mol. The summed E-state index contributed by atoms with van der Waals surface area (Å²) in [4.78, 5) is 4.18. The van der Waals surface area contributed by atoms with Crippen LogP contribution in [0.5, 0.6) is 0 Å². The van der Waals surface area contributed by atoms with Crippen LogP contribution < -0.4 is 0 Å². The molecule has 2 aromatic heterocycles. The molecule has 2 aromatic rings. The molecule has 102 valence electrons. The van der Waals surface area contributed by atoms with Crippen LogP contribution >= 0.6 is 27.3 Å². The quantitative estimate of drug-likeness (QED) is 0.823. The molecule has 0 saturated carbocycles. The highest BCUT2D eigenvalue weighted by atomic mass is 79.9. The average Bonchev–Trinajstić information content (AvgIpc) is 2.84. The van der Waals surface area contributed by atoms with Gasteiger partial charge in [-0.2, -0.15) is 4.31 Å². The van der Waals surface area contributed by atoms with Gasteiger partial charge < -0.3 is 0 Å². The van der Waals surface area contributed by atoms with Crippen LogP contribution in [-0.2, 0) is 16.4 Å². The fourth-order valence-corrected chi connectivity index (χ4v) is 5.22. The molecule has 0 aliphatic carbocycles. The lowest BCUT2D eigenvalue weighted by Crippen LogP contribution is -2.28. The number of aromatic nitrogens is 1. The van der Waals surface area contributed by atoms with Crippen LogP contribution in [0.15, 0.2) is 44.5 Å². The number of hydrogen-bond acceptors (Lipinski definition) is 4. The molecule has 0 atom stereocenters. The van der Waals surface area contributed by atoms with Gasteiger partial charge in [-0.3, -0.25) is 4.98 Å². The molecule has 0 saturated heterocycles. The highest BCUT2D eigenvalue weighted by Gasteiger charge is 2.24. The molecule has 0 unspecified atom stereocenters. The van der Waals surface area contributed by atoms with E-state index in [4.69, 9.17) is 0 Å². The molecule has 0 bridgehead atoms. The maximum atomic E-state index is 12.3. The SMILES string of the molecule is CN(CCc1ccccn1)S(=O)(=O)c1sccc1Br. The molecular formula is C12H13BrN2O2S2. The molecule has 2 heterocycles. The number of thiophene rings is 1. The molecule has 7 heteroatoms. The van der Waals surface area contributed by atoms with Crippen LogP contribution in [0.2, 0.25) is 0 Å². The van der Waals surface area contributed by atoms with Crippen molar-refractivity contribution in [3.63, 3.8) is 0 Å². The molecule has 2 rings (SSSR count). The Kier molecular flexibility index (Phi) is 4.72. The number of nitrogens with zero attached hydrogens (tertiary/aromatic N) is 2. The lowest BCUT2D eigenvalue weighted by Gasteiger charge is -2.16. The van der Waals surface area contributed by atoms with Crippen molar-refractivity contribution in [2.24, 2.45) is 0 Å². The first-order chi connectivity index (χ1) is 9.01. The Morgan fingerprint density at radius 1 is 1.37 bits per heavy atom. The van der Waals surface area contributed by atoms with Gasteiger partial charge in [0.05, 0.1) is 0 Å². The normalized spacial score (nSPS) is 11.9. The predicted octanol–water partition coefficient (Wildman–Crippen LogP) is 2.77. The summed E-state index contributed by atoms with van der Waals surface area (Å²) >= 11 is 4.47. The van der Waals surface area contributed by atoms with E-state index in [2.05, 4.69) is 20.9 Å². The third kappa shape index (κ3) is 3.42. The number of hydrogen-bond donors (Lipinski definition) is 0. The van der Waals surface area contributed by atoms with E-state index in [1.165, 1.54) is 15.6 Å². The van der Waals surface area contributed by atoms with Crippen molar-refractivity contribution in [2.75, 3.05) is 13.6 Å². The van der Waals surface area contributed by atoms with Gasteiger partial charge in [-0.05, 0) is 39.5 Å². The highest BCUT2D eigenvalue weighted by Crippen LogP contribution is 2.29. The molecule has 0 aliphatic rings. The molecule has 19 heavy (non-hydrogen) atoms. The number of sulfonamides is 1. The molecule has 0 aliphatic heterocycles. The molecule has 0 amide bonds. The minimum Gasteiger partial charge on any atom is -0.261 e. The number of halogens is 1. The first-order valence-corrected chi connectivity index (χ1v) is 8.72. The molecule has 0 fully saturated rings. The largest absolute Gasteiger partial charge is 0.261 e. The summed E-state index contributed by atoms with van der Waals surface area (Å²) in [5.74, 6) is 0. The van der Waals surface area contributed by atoms with E-state index in [1.807, 2.05) is 18.2 Å². The maximum Gasteiger partial charge on any atom is 0.253 e. The Labute approximate surface area is 125 Å². The first kappa shape index (κ1) is 14.6. The smallest absolute Gasteiger partial charge is 0.253 e. The van der Waals surface area contributed by atoms with Gasteiger partial charge >= 0.3 is 0 Å². The summed E-state index contributed by atoms with van der Waals surface area (Å²) in [6.07, 6.45) is 2.30. The van der Waals surface area contributed by atoms with E-state index in [0.717, 1.165) is 5.69 Å². The summed E-state index contributed by atoms with van der Waals surface area (Å²) in [5.41, 5.74) is 0.884. The van der Waals surface area contributed by atoms with Crippen LogP contribution in [0.1, 0.15) is 5.69 Å². The zero-order chi connectivity index (χ0) is 13.9. The van der Waals surface area contributed by atoms with E-state index in [0.29, 0.717) is 21.6 Å². The fraction of sp³-hybridized carbons (Fsp3) is 0.250. The molecule has 4 nitrogen and oxygen atoms in total. The maximum absolute atomic E-state index is 12.3. The Morgan fingerprint density at radius 3 is 2.74 bits per heavy atom. The first-order valence-electron chi connectivity index (χ1n) is 5.61. The molecule has 0 N–H and O–H groups in total. The molecule has 0 aromatic carbocycles. The van der Waals surface area contributed by atoms with E-state index in [1.54, 1.807) is 24.7 Å². The van der Waals surface area contributed by atoms with Crippen LogP contribution in [0.25, 0.3) is 0 Å². The monoisotopic (exact) mass is 360 g/mol. The van der Waals surface area contributed by atoms with Crippen LogP contribution in [-0.4, -0.2) is 31.3 Å². The molecule has 0 radical (unpaired) electrons. The van der Waals surface area contributed by atoms with Crippen molar-refractivity contribution >= 4 is 37.3 Å². The van der Waals surface area contributed by atoms with Gasteiger partial charge in [-0.15, -0.1) is 11.3 Å². The number of pyridine rings is 1. The van der Waals surface area contributed by atoms with Gasteiger partial charge in [0.25, 0.3) is 10.0 Å². The van der Waals surface area contributed by atoms with Gasteiger partial charge in [-0.1, -0.05) is 6.07 Å². The fourth-order valence-electron chi connectivity index (χ4n) is 1.54. The Balaban J connectivity index is 2.08. The Bertz CT molecular complexity index is 641. The zero-order valence-corrected chi connectivity index (χ0v) is 13.5. The number of likely N-dealkylation sites (N-methyl/N-ethyl adjacent to an activating group) is 1. The van der Waals surface area contributed by atoms with Gasteiger partial charge in [0.2, 0.25) is 0 Å². The minimum absolute atomic E-state index is 0.344. The van der Waals surface area contributed by atoms with Gasteiger partial charge in [-0.25, -0.2) is 8.42 Å².